The van der Waals surface area contributed by atoms with Crippen LogP contribution < -0.4 is 0 Å². The van der Waals surface area contributed by atoms with Crippen molar-refractivity contribution in [1.82, 2.24) is 0 Å². The molecule has 1 saturated carbocycles. The van der Waals surface area contributed by atoms with Crippen molar-refractivity contribution in [3.05, 3.63) is 82.7 Å². The standard InChI is InChI=1S/C27H27F/c1-3-20-8-11-22(12-9-20)24-16-17-26-25(18-24)15-14-23(27(26)28)13-10-21-6-4-19(2)5-7-21/h4-7,14-18,20,22H,3,8-9,11-12H2,1-2H3. The molecule has 0 amide bonds. The SMILES string of the molecule is CCC1CCC(c2ccc3c(F)c(C#Cc4ccc(C)cc4)ccc3c2)CC1. The molecule has 1 heteroatoms. The van der Waals surface area contributed by atoms with Crippen molar-refractivity contribution in [1.29, 1.82) is 0 Å². The molecule has 0 bridgehead atoms. The van der Waals surface area contributed by atoms with Crippen molar-refractivity contribution in [2.75, 3.05) is 0 Å². The molecule has 0 N–H and O–H groups in total. The highest BCUT2D eigenvalue weighted by Crippen LogP contribution is 2.38. The van der Waals surface area contributed by atoms with Crippen LogP contribution in [0, 0.1) is 30.5 Å². The Bertz CT molecular complexity index is 1030. The minimum absolute atomic E-state index is 0.210. The molecule has 0 aromatic heterocycles. The summed E-state index contributed by atoms with van der Waals surface area (Å²) < 4.78 is 15.0. The van der Waals surface area contributed by atoms with Crippen LogP contribution in [0.25, 0.3) is 10.8 Å². The van der Waals surface area contributed by atoms with E-state index < -0.39 is 0 Å². The van der Waals surface area contributed by atoms with Gasteiger partial charge in [0.1, 0.15) is 5.82 Å². The Labute approximate surface area is 167 Å². The lowest BCUT2D eigenvalue weighted by Crippen LogP contribution is -2.12. The van der Waals surface area contributed by atoms with Crippen LogP contribution in [0.1, 0.15) is 67.2 Å². The molecule has 0 aliphatic heterocycles. The van der Waals surface area contributed by atoms with Gasteiger partial charge < -0.3 is 0 Å². The molecule has 0 nitrogen and oxygen atoms in total. The summed E-state index contributed by atoms with van der Waals surface area (Å²) in [6, 6.07) is 18.1. The molecule has 0 heterocycles. The van der Waals surface area contributed by atoms with E-state index in [1.165, 1.54) is 43.2 Å². The first-order valence-corrected chi connectivity index (χ1v) is 10.4. The van der Waals surface area contributed by atoms with Gasteiger partial charge in [-0.1, -0.05) is 67.1 Å². The van der Waals surface area contributed by atoms with E-state index in [9.17, 15) is 0 Å². The summed E-state index contributed by atoms with van der Waals surface area (Å²) >= 11 is 0. The van der Waals surface area contributed by atoms with E-state index in [4.69, 9.17) is 0 Å². The molecule has 0 unspecified atom stereocenters. The smallest absolute Gasteiger partial charge is 0.146 e. The van der Waals surface area contributed by atoms with Crippen LogP contribution in [0.3, 0.4) is 0 Å². The van der Waals surface area contributed by atoms with E-state index in [0.717, 1.165) is 16.9 Å². The van der Waals surface area contributed by atoms with Crippen LogP contribution in [0.2, 0.25) is 0 Å². The van der Waals surface area contributed by atoms with Crippen LogP contribution >= 0.6 is 0 Å². The normalized spacial score (nSPS) is 19.2. The Morgan fingerprint density at radius 2 is 1.64 bits per heavy atom. The molecular weight excluding hydrogens is 343 g/mol. The monoisotopic (exact) mass is 370 g/mol. The highest BCUT2D eigenvalue weighted by Gasteiger charge is 2.21. The van der Waals surface area contributed by atoms with Crippen molar-refractivity contribution in [3.63, 3.8) is 0 Å². The van der Waals surface area contributed by atoms with Crippen LogP contribution in [-0.2, 0) is 0 Å². The molecule has 0 saturated heterocycles. The van der Waals surface area contributed by atoms with Gasteiger partial charge in [0.25, 0.3) is 0 Å². The molecule has 142 valence electrons. The largest absolute Gasteiger partial charge is 0.205 e. The van der Waals surface area contributed by atoms with Crippen molar-refractivity contribution in [2.24, 2.45) is 5.92 Å². The van der Waals surface area contributed by atoms with Gasteiger partial charge in [-0.2, -0.15) is 0 Å². The fourth-order valence-corrected chi connectivity index (χ4v) is 4.34. The number of rotatable bonds is 2. The number of fused-ring (bicyclic) bond motifs is 1. The average Bonchev–Trinajstić information content (AvgIpc) is 2.74. The third kappa shape index (κ3) is 3.97. The van der Waals surface area contributed by atoms with E-state index in [-0.39, 0.29) is 5.82 Å². The van der Waals surface area contributed by atoms with E-state index in [0.29, 0.717) is 16.9 Å². The summed E-state index contributed by atoms with van der Waals surface area (Å²) in [5, 5.41) is 1.65. The van der Waals surface area contributed by atoms with E-state index in [1.54, 1.807) is 0 Å². The minimum atomic E-state index is -0.210. The topological polar surface area (TPSA) is 0 Å². The number of hydrogen-bond acceptors (Lipinski definition) is 0. The highest BCUT2D eigenvalue weighted by molar-refractivity contribution is 5.85. The van der Waals surface area contributed by atoms with Crippen LogP contribution in [0.15, 0.2) is 54.6 Å². The first-order valence-electron chi connectivity index (χ1n) is 10.4. The number of halogens is 1. The first-order chi connectivity index (χ1) is 13.6. The fraction of sp³-hybridized carbons (Fsp3) is 0.333. The van der Waals surface area contributed by atoms with Crippen LogP contribution in [-0.4, -0.2) is 0 Å². The lowest BCUT2D eigenvalue weighted by atomic mass is 9.77. The second-order valence-corrected chi connectivity index (χ2v) is 8.15. The number of aryl methyl sites for hydroxylation is 1. The summed E-state index contributed by atoms with van der Waals surface area (Å²) in [6.45, 7) is 4.34. The molecule has 0 atom stereocenters. The average molecular weight is 371 g/mol. The maximum absolute atomic E-state index is 15.0. The predicted molar refractivity (Wildman–Crippen MR) is 116 cm³/mol. The molecule has 28 heavy (non-hydrogen) atoms. The van der Waals surface area contributed by atoms with Crippen molar-refractivity contribution < 1.29 is 4.39 Å². The Morgan fingerprint density at radius 3 is 2.36 bits per heavy atom. The fourth-order valence-electron chi connectivity index (χ4n) is 4.34. The summed E-state index contributed by atoms with van der Waals surface area (Å²) in [7, 11) is 0. The Kier molecular flexibility index (Phi) is 5.49. The zero-order valence-corrected chi connectivity index (χ0v) is 16.8. The van der Waals surface area contributed by atoms with Crippen LogP contribution in [0.5, 0.6) is 0 Å². The van der Waals surface area contributed by atoms with Crippen LogP contribution in [0.4, 0.5) is 4.39 Å². The van der Waals surface area contributed by atoms with Crippen molar-refractivity contribution in [3.8, 4) is 11.8 Å². The summed E-state index contributed by atoms with van der Waals surface area (Å²) in [4.78, 5) is 0. The van der Waals surface area contributed by atoms with Gasteiger partial charge in [0, 0.05) is 10.9 Å². The molecule has 0 radical (unpaired) electrons. The summed E-state index contributed by atoms with van der Waals surface area (Å²) in [5.41, 5.74) is 3.92. The zero-order chi connectivity index (χ0) is 19.5. The van der Waals surface area contributed by atoms with Gasteiger partial charge in [0.15, 0.2) is 0 Å². The number of benzene rings is 3. The van der Waals surface area contributed by atoms with Crippen molar-refractivity contribution in [2.45, 2.75) is 51.9 Å². The third-order valence-corrected chi connectivity index (χ3v) is 6.27. The van der Waals surface area contributed by atoms with Gasteiger partial charge >= 0.3 is 0 Å². The molecule has 1 aliphatic rings. The quantitative estimate of drug-likeness (QED) is 0.413. The molecule has 3 aromatic carbocycles. The minimum Gasteiger partial charge on any atom is -0.205 e. The molecule has 0 spiro atoms. The molecule has 3 aromatic rings. The molecule has 1 fully saturated rings. The van der Waals surface area contributed by atoms with Gasteiger partial charge in [-0.25, -0.2) is 4.39 Å². The Morgan fingerprint density at radius 1 is 0.893 bits per heavy atom. The van der Waals surface area contributed by atoms with Crippen molar-refractivity contribution >= 4 is 10.8 Å². The van der Waals surface area contributed by atoms with Gasteiger partial charge in [-0.05, 0) is 73.6 Å². The lowest BCUT2D eigenvalue weighted by Gasteiger charge is -2.28. The third-order valence-electron chi connectivity index (χ3n) is 6.27. The summed E-state index contributed by atoms with van der Waals surface area (Å²) in [5.74, 6) is 7.39. The molecular formula is C27H27F. The maximum Gasteiger partial charge on any atom is 0.146 e. The highest BCUT2D eigenvalue weighted by atomic mass is 19.1. The Hall–Kier alpha value is -2.59. The second kappa shape index (κ2) is 8.19. The first kappa shape index (κ1) is 18.8. The maximum atomic E-state index is 15.0. The van der Waals surface area contributed by atoms with Gasteiger partial charge in [-0.3, -0.25) is 0 Å². The van der Waals surface area contributed by atoms with Gasteiger partial charge in [0.2, 0.25) is 0 Å². The Balaban J connectivity index is 1.59. The van der Waals surface area contributed by atoms with E-state index >= 15 is 4.39 Å². The predicted octanol–water partition coefficient (Wildman–Crippen LogP) is 7.37. The zero-order valence-electron chi connectivity index (χ0n) is 16.8. The van der Waals surface area contributed by atoms with Gasteiger partial charge in [-0.15, -0.1) is 0 Å². The second-order valence-electron chi connectivity index (χ2n) is 8.15. The molecule has 1 aliphatic carbocycles. The number of hydrogen-bond donors (Lipinski definition) is 0. The lowest BCUT2D eigenvalue weighted by molar-refractivity contribution is 0.319. The van der Waals surface area contributed by atoms with Gasteiger partial charge in [0.05, 0.1) is 5.56 Å². The summed E-state index contributed by atoms with van der Waals surface area (Å²) in [6.07, 6.45) is 6.45. The molecule has 4 rings (SSSR count). The van der Waals surface area contributed by atoms with E-state index in [2.05, 4.69) is 30.9 Å². The van der Waals surface area contributed by atoms with E-state index in [1.807, 2.05) is 49.4 Å².